The lowest BCUT2D eigenvalue weighted by atomic mass is 10.2. The highest BCUT2D eigenvalue weighted by Crippen LogP contribution is 2.21. The number of hydrogen-bond donors (Lipinski definition) is 2. The fourth-order valence-corrected chi connectivity index (χ4v) is 3.12. The smallest absolute Gasteiger partial charge is 0.257 e. The molecule has 0 radical (unpaired) electrons. The van der Waals surface area contributed by atoms with Gasteiger partial charge in [0.1, 0.15) is 5.75 Å². The van der Waals surface area contributed by atoms with Crippen LogP contribution >= 0.6 is 0 Å². The molecular weight excluding hydrogens is 304 g/mol. The molecule has 0 fully saturated rings. The van der Waals surface area contributed by atoms with Crippen molar-refractivity contribution in [1.29, 1.82) is 0 Å². The molecular formula is C15H24N2O4S. The number of carbonyl (C=O) groups is 1. The lowest BCUT2D eigenvalue weighted by Crippen LogP contribution is -2.30. The molecule has 0 spiro atoms. The minimum absolute atomic E-state index is 0.0861. The average Bonchev–Trinajstić information content (AvgIpc) is 2.42. The Bertz CT molecular complexity index is 612. The first-order chi connectivity index (χ1) is 10.3. The van der Waals surface area contributed by atoms with E-state index in [1.807, 2.05) is 6.92 Å². The minimum Gasteiger partial charge on any atom is -0.484 e. The first-order valence-electron chi connectivity index (χ1n) is 7.28. The van der Waals surface area contributed by atoms with Gasteiger partial charge in [0, 0.05) is 12.6 Å². The van der Waals surface area contributed by atoms with E-state index in [1.165, 1.54) is 12.1 Å². The van der Waals surface area contributed by atoms with Gasteiger partial charge < -0.3 is 10.1 Å². The highest BCUT2D eigenvalue weighted by Gasteiger charge is 2.16. The molecule has 1 amide bonds. The van der Waals surface area contributed by atoms with Gasteiger partial charge in [0.25, 0.3) is 5.91 Å². The average molecular weight is 328 g/mol. The van der Waals surface area contributed by atoms with Crippen LogP contribution in [0.4, 0.5) is 0 Å². The third kappa shape index (κ3) is 5.65. The fraction of sp³-hybridized carbons (Fsp3) is 0.533. The van der Waals surface area contributed by atoms with E-state index in [0.717, 1.165) is 6.42 Å². The van der Waals surface area contributed by atoms with Gasteiger partial charge >= 0.3 is 0 Å². The summed E-state index contributed by atoms with van der Waals surface area (Å²) in [5, 5.41) is 2.71. The molecule has 7 heteroatoms. The Balaban J connectivity index is 2.76. The molecule has 1 aromatic carbocycles. The summed E-state index contributed by atoms with van der Waals surface area (Å²) in [5.41, 5.74) is 0.662. The standard InChI is InChI=1S/C15H24N2O4S/c1-5-8-16-15(18)10-21-14-7-6-13(9-12(14)4)22(19,20)17-11(2)3/h6-7,9,11,17H,5,8,10H2,1-4H3,(H,16,18). The van der Waals surface area contributed by atoms with Crippen LogP contribution in [0.5, 0.6) is 5.75 Å². The number of carbonyl (C=O) groups excluding carboxylic acids is 1. The molecule has 2 N–H and O–H groups in total. The zero-order chi connectivity index (χ0) is 16.8. The molecule has 0 bridgehead atoms. The molecule has 1 aromatic rings. The van der Waals surface area contributed by atoms with Crippen LogP contribution in [0.3, 0.4) is 0 Å². The second-order valence-corrected chi connectivity index (χ2v) is 7.06. The van der Waals surface area contributed by atoms with Crippen LogP contribution in [-0.2, 0) is 14.8 Å². The monoisotopic (exact) mass is 328 g/mol. The molecule has 124 valence electrons. The van der Waals surface area contributed by atoms with E-state index in [2.05, 4.69) is 10.0 Å². The van der Waals surface area contributed by atoms with Crippen molar-refractivity contribution in [3.63, 3.8) is 0 Å². The molecule has 0 aromatic heterocycles. The summed E-state index contributed by atoms with van der Waals surface area (Å²) in [6.45, 7) is 7.76. The van der Waals surface area contributed by atoms with Crippen molar-refractivity contribution in [3.8, 4) is 5.75 Å². The largest absolute Gasteiger partial charge is 0.484 e. The molecule has 22 heavy (non-hydrogen) atoms. The number of rotatable bonds is 8. The lowest BCUT2D eigenvalue weighted by molar-refractivity contribution is -0.123. The maximum atomic E-state index is 12.1. The van der Waals surface area contributed by atoms with Gasteiger partial charge in [-0.3, -0.25) is 4.79 Å². The van der Waals surface area contributed by atoms with Gasteiger partial charge in [0.15, 0.2) is 6.61 Å². The zero-order valence-electron chi connectivity index (χ0n) is 13.5. The fourth-order valence-electron chi connectivity index (χ4n) is 1.79. The lowest BCUT2D eigenvalue weighted by Gasteiger charge is -2.13. The number of nitrogens with one attached hydrogen (secondary N) is 2. The van der Waals surface area contributed by atoms with Gasteiger partial charge in [-0.2, -0.15) is 0 Å². The van der Waals surface area contributed by atoms with Crippen molar-refractivity contribution >= 4 is 15.9 Å². The van der Waals surface area contributed by atoms with Crippen LogP contribution in [0.25, 0.3) is 0 Å². The molecule has 0 heterocycles. The van der Waals surface area contributed by atoms with E-state index in [1.54, 1.807) is 26.8 Å². The SMILES string of the molecule is CCCNC(=O)COc1ccc(S(=O)(=O)NC(C)C)cc1C. The first-order valence-corrected chi connectivity index (χ1v) is 8.77. The molecule has 0 aliphatic heterocycles. The number of amides is 1. The van der Waals surface area contributed by atoms with Crippen LogP contribution in [-0.4, -0.2) is 33.5 Å². The number of aryl methyl sites for hydroxylation is 1. The van der Waals surface area contributed by atoms with E-state index < -0.39 is 10.0 Å². The summed E-state index contributed by atoms with van der Waals surface area (Å²) in [6.07, 6.45) is 0.861. The summed E-state index contributed by atoms with van der Waals surface area (Å²) in [6, 6.07) is 4.39. The number of ether oxygens (including phenoxy) is 1. The highest BCUT2D eigenvalue weighted by atomic mass is 32.2. The predicted molar refractivity (Wildman–Crippen MR) is 85.4 cm³/mol. The van der Waals surface area contributed by atoms with Crippen molar-refractivity contribution in [2.45, 2.75) is 45.1 Å². The Hall–Kier alpha value is -1.60. The van der Waals surface area contributed by atoms with E-state index in [-0.39, 0.29) is 23.5 Å². The molecule has 0 aliphatic carbocycles. The summed E-state index contributed by atoms with van der Waals surface area (Å²) < 4.78 is 32.1. The van der Waals surface area contributed by atoms with Crippen LogP contribution in [0.2, 0.25) is 0 Å². The highest BCUT2D eigenvalue weighted by molar-refractivity contribution is 7.89. The van der Waals surface area contributed by atoms with Crippen molar-refractivity contribution in [2.75, 3.05) is 13.2 Å². The van der Waals surface area contributed by atoms with Crippen LogP contribution in [0, 0.1) is 6.92 Å². The van der Waals surface area contributed by atoms with Crippen molar-refractivity contribution in [2.24, 2.45) is 0 Å². The number of hydrogen-bond acceptors (Lipinski definition) is 4. The zero-order valence-corrected chi connectivity index (χ0v) is 14.3. The van der Waals surface area contributed by atoms with E-state index >= 15 is 0 Å². The first kappa shape index (κ1) is 18.4. The molecule has 0 aliphatic rings. The number of benzene rings is 1. The van der Waals surface area contributed by atoms with Crippen molar-refractivity contribution in [1.82, 2.24) is 10.0 Å². The quantitative estimate of drug-likeness (QED) is 0.759. The van der Waals surface area contributed by atoms with Crippen LogP contribution in [0.1, 0.15) is 32.8 Å². The second-order valence-electron chi connectivity index (χ2n) is 5.34. The molecule has 0 saturated heterocycles. The summed E-state index contributed by atoms with van der Waals surface area (Å²) in [4.78, 5) is 11.7. The molecule has 1 rings (SSSR count). The normalized spacial score (nSPS) is 11.5. The van der Waals surface area contributed by atoms with Gasteiger partial charge in [-0.1, -0.05) is 6.92 Å². The third-order valence-corrected chi connectivity index (χ3v) is 4.43. The van der Waals surface area contributed by atoms with Crippen molar-refractivity contribution < 1.29 is 17.9 Å². The van der Waals surface area contributed by atoms with Gasteiger partial charge in [-0.15, -0.1) is 0 Å². The van der Waals surface area contributed by atoms with Gasteiger partial charge in [-0.25, -0.2) is 13.1 Å². The predicted octanol–water partition coefficient (Wildman–Crippen LogP) is 1.59. The Morgan fingerprint density at radius 1 is 1.32 bits per heavy atom. The van der Waals surface area contributed by atoms with E-state index in [0.29, 0.717) is 17.9 Å². The number of sulfonamides is 1. The third-order valence-electron chi connectivity index (χ3n) is 2.78. The maximum Gasteiger partial charge on any atom is 0.257 e. The van der Waals surface area contributed by atoms with Crippen LogP contribution < -0.4 is 14.8 Å². The second kappa shape index (κ2) is 8.14. The Morgan fingerprint density at radius 3 is 2.55 bits per heavy atom. The summed E-state index contributed by atoms with van der Waals surface area (Å²) >= 11 is 0. The maximum absolute atomic E-state index is 12.1. The summed E-state index contributed by atoms with van der Waals surface area (Å²) in [7, 11) is -3.53. The molecule has 0 atom stereocenters. The van der Waals surface area contributed by atoms with E-state index in [9.17, 15) is 13.2 Å². The molecule has 0 unspecified atom stereocenters. The minimum atomic E-state index is -3.53. The molecule has 6 nitrogen and oxygen atoms in total. The summed E-state index contributed by atoms with van der Waals surface area (Å²) in [5.74, 6) is 0.301. The van der Waals surface area contributed by atoms with Gasteiger partial charge in [0.05, 0.1) is 4.90 Å². The Kier molecular flexibility index (Phi) is 6.83. The van der Waals surface area contributed by atoms with E-state index in [4.69, 9.17) is 4.74 Å². The van der Waals surface area contributed by atoms with Crippen LogP contribution in [0.15, 0.2) is 23.1 Å². The van der Waals surface area contributed by atoms with Gasteiger partial charge in [-0.05, 0) is 51.0 Å². The van der Waals surface area contributed by atoms with Gasteiger partial charge in [0.2, 0.25) is 10.0 Å². The topological polar surface area (TPSA) is 84.5 Å². The van der Waals surface area contributed by atoms with Crippen molar-refractivity contribution in [3.05, 3.63) is 23.8 Å². The molecule has 0 saturated carbocycles. The Labute approximate surface area is 132 Å². The Morgan fingerprint density at radius 2 is 2.00 bits per heavy atom.